The number of morpholine rings is 1. The molecule has 0 spiro atoms. The Morgan fingerprint density at radius 3 is 2.82 bits per heavy atom. The summed E-state index contributed by atoms with van der Waals surface area (Å²) in [5, 5.41) is 6.10. The fraction of sp³-hybridized carbons (Fsp3) is 0.478. The molecule has 33 heavy (non-hydrogen) atoms. The van der Waals surface area contributed by atoms with E-state index < -0.39 is 5.92 Å². The predicted octanol–water partition coefficient (Wildman–Crippen LogP) is 2.97. The van der Waals surface area contributed by atoms with Gasteiger partial charge in [0.2, 0.25) is 0 Å². The molecule has 2 saturated heterocycles. The van der Waals surface area contributed by atoms with Crippen LogP contribution in [0.2, 0.25) is 0 Å². The largest absolute Gasteiger partial charge is 0.378 e. The summed E-state index contributed by atoms with van der Waals surface area (Å²) in [7, 11) is 0. The van der Waals surface area contributed by atoms with Gasteiger partial charge in [0.05, 0.1) is 31.0 Å². The van der Waals surface area contributed by atoms with E-state index in [-0.39, 0.29) is 18.9 Å². The average molecular weight is 456 g/mol. The molecule has 2 aliphatic rings. The van der Waals surface area contributed by atoms with Crippen LogP contribution >= 0.6 is 0 Å². The molecule has 0 amide bonds. The molecule has 10 heteroatoms. The first kappa shape index (κ1) is 21.8. The van der Waals surface area contributed by atoms with Crippen LogP contribution < -0.4 is 15.5 Å². The Bertz CT molecular complexity index is 1090. The van der Waals surface area contributed by atoms with Gasteiger partial charge in [-0.25, -0.2) is 23.7 Å². The van der Waals surface area contributed by atoms with Gasteiger partial charge in [0, 0.05) is 50.2 Å². The zero-order chi connectivity index (χ0) is 22.7. The van der Waals surface area contributed by atoms with E-state index in [4.69, 9.17) is 9.72 Å². The lowest BCUT2D eigenvalue weighted by molar-refractivity contribution is -0.0119. The van der Waals surface area contributed by atoms with Crippen LogP contribution in [0.4, 0.5) is 20.4 Å². The standard InChI is InChI=1S/C23H27F2N7O/c24-23(25)12-16(3-4-26-15-23)13-30-22-21-19(27-5-6-28-21)11-18(31-22)17-1-2-20(29-14-17)32-7-9-33-10-8-32/h1-2,5-6,11,14,16,26H,3-4,7-10,12-13,15H2,(H,30,31). The number of halogens is 2. The lowest BCUT2D eigenvalue weighted by atomic mass is 9.99. The maximum absolute atomic E-state index is 14.0. The van der Waals surface area contributed by atoms with Crippen LogP contribution in [0.25, 0.3) is 22.3 Å². The molecule has 0 radical (unpaired) electrons. The lowest BCUT2D eigenvalue weighted by Crippen LogP contribution is -2.36. The first-order chi connectivity index (χ1) is 16.1. The topological polar surface area (TPSA) is 88.1 Å². The van der Waals surface area contributed by atoms with Crippen LogP contribution in [-0.4, -0.2) is 71.8 Å². The maximum atomic E-state index is 14.0. The molecule has 5 rings (SSSR count). The van der Waals surface area contributed by atoms with Crippen LogP contribution in [0.15, 0.2) is 36.8 Å². The number of ether oxygens (including phenoxy) is 1. The summed E-state index contributed by atoms with van der Waals surface area (Å²) in [5.74, 6) is -1.41. The van der Waals surface area contributed by atoms with E-state index in [2.05, 4.69) is 30.5 Å². The fourth-order valence-electron chi connectivity index (χ4n) is 4.35. The third kappa shape index (κ3) is 5.17. The Morgan fingerprint density at radius 1 is 1.15 bits per heavy atom. The number of nitrogens with one attached hydrogen (secondary N) is 2. The Labute approximate surface area is 190 Å². The summed E-state index contributed by atoms with van der Waals surface area (Å²) in [6.45, 7) is 3.75. The third-order valence-electron chi connectivity index (χ3n) is 6.09. The van der Waals surface area contributed by atoms with Crippen molar-refractivity contribution >= 4 is 22.7 Å². The highest BCUT2D eigenvalue weighted by Crippen LogP contribution is 2.29. The van der Waals surface area contributed by atoms with Crippen LogP contribution in [0, 0.1) is 5.92 Å². The second-order valence-electron chi connectivity index (χ2n) is 8.56. The van der Waals surface area contributed by atoms with Gasteiger partial charge < -0.3 is 20.3 Å². The number of hydrogen-bond acceptors (Lipinski definition) is 8. The van der Waals surface area contributed by atoms with Gasteiger partial charge in [0.25, 0.3) is 5.92 Å². The van der Waals surface area contributed by atoms with E-state index in [0.29, 0.717) is 55.3 Å². The Hall–Kier alpha value is -2.98. The van der Waals surface area contributed by atoms with Crippen molar-refractivity contribution in [2.75, 3.05) is 56.2 Å². The van der Waals surface area contributed by atoms with Crippen LogP contribution in [0.3, 0.4) is 0 Å². The Balaban J connectivity index is 1.39. The van der Waals surface area contributed by atoms with Gasteiger partial charge in [-0.15, -0.1) is 0 Å². The predicted molar refractivity (Wildman–Crippen MR) is 123 cm³/mol. The normalized spacial score (nSPS) is 21.0. The SMILES string of the molecule is FC1(F)CNCCC(CNc2nc(-c3ccc(N4CCOCC4)nc3)cc3nccnc23)C1. The average Bonchev–Trinajstić information content (AvgIpc) is 3.03. The zero-order valence-corrected chi connectivity index (χ0v) is 18.3. The summed E-state index contributed by atoms with van der Waals surface area (Å²) >= 11 is 0. The molecule has 3 aromatic heterocycles. The molecule has 8 nitrogen and oxygen atoms in total. The first-order valence-electron chi connectivity index (χ1n) is 11.3. The van der Waals surface area contributed by atoms with Crippen molar-refractivity contribution in [2.24, 2.45) is 5.92 Å². The highest BCUT2D eigenvalue weighted by molar-refractivity contribution is 5.88. The summed E-state index contributed by atoms with van der Waals surface area (Å²) < 4.78 is 33.4. The molecular weight excluding hydrogens is 428 g/mol. The minimum Gasteiger partial charge on any atom is -0.378 e. The summed E-state index contributed by atoms with van der Waals surface area (Å²) in [6.07, 6.45) is 5.57. The molecule has 0 bridgehead atoms. The van der Waals surface area contributed by atoms with Gasteiger partial charge in [0.1, 0.15) is 11.3 Å². The molecule has 5 heterocycles. The molecule has 0 saturated carbocycles. The molecule has 2 fully saturated rings. The second kappa shape index (κ2) is 9.48. The Kier molecular flexibility index (Phi) is 6.28. The molecule has 3 aromatic rings. The lowest BCUT2D eigenvalue weighted by Gasteiger charge is -2.27. The minimum atomic E-state index is -2.70. The molecule has 1 unspecified atom stereocenters. The summed E-state index contributed by atoms with van der Waals surface area (Å²) in [5.41, 5.74) is 2.87. The summed E-state index contributed by atoms with van der Waals surface area (Å²) in [6, 6.07) is 5.85. The first-order valence-corrected chi connectivity index (χ1v) is 11.3. The molecule has 2 aliphatic heterocycles. The van der Waals surface area contributed by atoms with Gasteiger partial charge in [-0.3, -0.25) is 4.98 Å². The number of anilines is 2. The highest BCUT2D eigenvalue weighted by Gasteiger charge is 2.34. The van der Waals surface area contributed by atoms with E-state index in [1.165, 1.54) is 0 Å². The van der Waals surface area contributed by atoms with E-state index in [1.54, 1.807) is 18.6 Å². The molecule has 0 aromatic carbocycles. The highest BCUT2D eigenvalue weighted by atomic mass is 19.3. The number of alkyl halides is 2. The number of rotatable bonds is 5. The van der Waals surface area contributed by atoms with Crippen LogP contribution in [0.5, 0.6) is 0 Å². The second-order valence-corrected chi connectivity index (χ2v) is 8.56. The molecule has 174 valence electrons. The van der Waals surface area contributed by atoms with E-state index in [1.807, 2.05) is 18.2 Å². The van der Waals surface area contributed by atoms with E-state index in [9.17, 15) is 8.78 Å². The van der Waals surface area contributed by atoms with Gasteiger partial charge in [0.15, 0.2) is 5.82 Å². The van der Waals surface area contributed by atoms with E-state index in [0.717, 1.165) is 24.5 Å². The van der Waals surface area contributed by atoms with Crippen molar-refractivity contribution in [1.29, 1.82) is 0 Å². The number of nitrogens with zero attached hydrogens (tertiary/aromatic N) is 5. The van der Waals surface area contributed by atoms with Gasteiger partial charge in [-0.1, -0.05) is 0 Å². The maximum Gasteiger partial charge on any atom is 0.260 e. The van der Waals surface area contributed by atoms with Crippen molar-refractivity contribution in [1.82, 2.24) is 25.3 Å². The number of hydrogen-bond donors (Lipinski definition) is 2. The van der Waals surface area contributed by atoms with Gasteiger partial charge >= 0.3 is 0 Å². The smallest absolute Gasteiger partial charge is 0.260 e. The van der Waals surface area contributed by atoms with Crippen molar-refractivity contribution in [2.45, 2.75) is 18.8 Å². The molecule has 0 aliphatic carbocycles. The minimum absolute atomic E-state index is 0.150. The van der Waals surface area contributed by atoms with E-state index >= 15 is 0 Å². The number of pyridine rings is 2. The monoisotopic (exact) mass is 455 g/mol. The van der Waals surface area contributed by atoms with Gasteiger partial charge in [-0.2, -0.15) is 0 Å². The number of aromatic nitrogens is 4. The number of fused-ring (bicyclic) bond motifs is 1. The fourth-order valence-corrected chi connectivity index (χ4v) is 4.35. The molecular formula is C23H27F2N7O. The third-order valence-corrected chi connectivity index (χ3v) is 6.09. The van der Waals surface area contributed by atoms with Crippen molar-refractivity contribution in [3.63, 3.8) is 0 Å². The van der Waals surface area contributed by atoms with Crippen molar-refractivity contribution in [3.8, 4) is 11.3 Å². The quantitative estimate of drug-likeness (QED) is 0.607. The van der Waals surface area contributed by atoms with Gasteiger partial charge in [-0.05, 0) is 37.1 Å². The molecule has 1 atom stereocenters. The van der Waals surface area contributed by atoms with Crippen LogP contribution in [-0.2, 0) is 4.74 Å². The zero-order valence-electron chi connectivity index (χ0n) is 18.3. The van der Waals surface area contributed by atoms with Crippen molar-refractivity contribution in [3.05, 3.63) is 36.8 Å². The van der Waals surface area contributed by atoms with Crippen LogP contribution in [0.1, 0.15) is 12.8 Å². The molecule has 2 N–H and O–H groups in total. The Morgan fingerprint density at radius 2 is 2.00 bits per heavy atom. The summed E-state index contributed by atoms with van der Waals surface area (Å²) in [4.78, 5) is 20.4. The van der Waals surface area contributed by atoms with Crippen molar-refractivity contribution < 1.29 is 13.5 Å².